The second-order valence-electron chi connectivity index (χ2n) is 6.43. The number of hydrogen-bond donors (Lipinski definition) is 2. The van der Waals surface area contributed by atoms with Crippen LogP contribution < -0.4 is 10.6 Å². The summed E-state index contributed by atoms with van der Waals surface area (Å²) in [6.45, 7) is 10.4. The van der Waals surface area contributed by atoms with E-state index < -0.39 is 0 Å². The summed E-state index contributed by atoms with van der Waals surface area (Å²) in [6.07, 6.45) is 2.07. The summed E-state index contributed by atoms with van der Waals surface area (Å²) in [5.41, 5.74) is 6.46. The molecule has 0 aliphatic rings. The van der Waals surface area contributed by atoms with Crippen molar-refractivity contribution in [2.45, 2.75) is 40.5 Å². The van der Waals surface area contributed by atoms with Crippen LogP contribution in [0.15, 0.2) is 18.2 Å². The highest BCUT2D eigenvalue weighted by Crippen LogP contribution is 2.22. The average Bonchev–Trinajstić information content (AvgIpc) is 2.38. The zero-order valence-corrected chi connectivity index (χ0v) is 13.6. The van der Waals surface area contributed by atoms with Crippen molar-refractivity contribution < 1.29 is 4.39 Å². The Morgan fingerprint density at radius 2 is 1.67 bits per heavy atom. The van der Waals surface area contributed by atoms with Crippen molar-refractivity contribution in [1.82, 2.24) is 0 Å². The minimum atomic E-state index is -0.296. The Labute approximate surface area is 127 Å². The topological polar surface area (TPSA) is 53.1 Å². The van der Waals surface area contributed by atoms with Crippen LogP contribution in [0, 0.1) is 23.1 Å². The molecule has 0 aromatic heterocycles. The molecular formula is C17H28FN3. The lowest BCUT2D eigenvalue weighted by molar-refractivity contribution is 0.526. The molecule has 0 aliphatic carbocycles. The number of hydrogen-bond acceptors (Lipinski definition) is 2. The molecule has 1 rings (SSSR count). The lowest BCUT2D eigenvalue weighted by Crippen LogP contribution is -2.28. The van der Waals surface area contributed by atoms with Crippen molar-refractivity contribution in [2.75, 3.05) is 18.0 Å². The van der Waals surface area contributed by atoms with E-state index in [4.69, 9.17) is 11.1 Å². The quantitative estimate of drug-likeness (QED) is 0.562. The Bertz CT molecular complexity index is 457. The van der Waals surface area contributed by atoms with Gasteiger partial charge in [0, 0.05) is 18.7 Å². The number of halogens is 1. The van der Waals surface area contributed by atoms with Gasteiger partial charge in [-0.2, -0.15) is 0 Å². The monoisotopic (exact) mass is 293 g/mol. The molecule has 0 amide bonds. The predicted molar refractivity (Wildman–Crippen MR) is 88.5 cm³/mol. The molecule has 0 atom stereocenters. The van der Waals surface area contributed by atoms with Crippen LogP contribution in [0.5, 0.6) is 0 Å². The highest BCUT2D eigenvalue weighted by molar-refractivity contribution is 5.95. The number of amidine groups is 1. The predicted octanol–water partition coefficient (Wildman–Crippen LogP) is 4.01. The molecule has 1 aromatic carbocycles. The van der Waals surface area contributed by atoms with E-state index in [9.17, 15) is 4.39 Å². The lowest BCUT2D eigenvalue weighted by atomic mass is 10.1. The van der Waals surface area contributed by atoms with E-state index in [2.05, 4.69) is 32.6 Å². The molecule has 3 nitrogen and oxygen atoms in total. The molecular weight excluding hydrogens is 265 g/mol. The van der Waals surface area contributed by atoms with E-state index in [0.717, 1.165) is 25.9 Å². The summed E-state index contributed by atoms with van der Waals surface area (Å²) in [5.74, 6) is 0.781. The van der Waals surface area contributed by atoms with Gasteiger partial charge in [0.1, 0.15) is 11.7 Å². The second kappa shape index (κ2) is 8.01. The number of anilines is 1. The number of nitrogens with two attached hydrogens (primary N) is 1. The molecule has 1 aromatic rings. The van der Waals surface area contributed by atoms with Crippen molar-refractivity contribution in [3.8, 4) is 0 Å². The molecule has 0 heterocycles. The van der Waals surface area contributed by atoms with Crippen LogP contribution in [0.4, 0.5) is 10.1 Å². The van der Waals surface area contributed by atoms with Crippen molar-refractivity contribution in [3.63, 3.8) is 0 Å². The van der Waals surface area contributed by atoms with Gasteiger partial charge in [0.25, 0.3) is 0 Å². The zero-order valence-electron chi connectivity index (χ0n) is 13.6. The van der Waals surface area contributed by atoms with E-state index in [-0.39, 0.29) is 11.7 Å². The van der Waals surface area contributed by atoms with E-state index in [1.54, 1.807) is 12.1 Å². The van der Waals surface area contributed by atoms with Gasteiger partial charge in [-0.1, -0.05) is 27.7 Å². The zero-order chi connectivity index (χ0) is 16.0. The summed E-state index contributed by atoms with van der Waals surface area (Å²) in [4.78, 5) is 2.11. The summed E-state index contributed by atoms with van der Waals surface area (Å²) < 4.78 is 14.3. The van der Waals surface area contributed by atoms with E-state index in [0.29, 0.717) is 23.1 Å². The molecule has 3 N–H and O–H groups in total. The van der Waals surface area contributed by atoms with Crippen LogP contribution in [-0.2, 0) is 0 Å². The maximum atomic E-state index is 14.3. The Morgan fingerprint density at radius 3 is 2.05 bits per heavy atom. The minimum Gasteiger partial charge on any atom is -0.384 e. The summed E-state index contributed by atoms with van der Waals surface area (Å²) in [6, 6.07) is 4.82. The lowest BCUT2D eigenvalue weighted by Gasteiger charge is -2.27. The third-order valence-electron chi connectivity index (χ3n) is 3.55. The van der Waals surface area contributed by atoms with Gasteiger partial charge in [0.2, 0.25) is 0 Å². The highest BCUT2D eigenvalue weighted by Gasteiger charge is 2.14. The Morgan fingerprint density at radius 1 is 1.14 bits per heavy atom. The van der Waals surface area contributed by atoms with Crippen molar-refractivity contribution >= 4 is 11.5 Å². The Hall–Kier alpha value is -1.58. The van der Waals surface area contributed by atoms with Gasteiger partial charge in [-0.05, 0) is 42.9 Å². The van der Waals surface area contributed by atoms with Crippen molar-refractivity contribution in [3.05, 3.63) is 29.6 Å². The maximum absolute atomic E-state index is 14.3. The first kappa shape index (κ1) is 17.5. The van der Waals surface area contributed by atoms with Gasteiger partial charge in [-0.25, -0.2) is 4.39 Å². The van der Waals surface area contributed by atoms with E-state index >= 15 is 0 Å². The van der Waals surface area contributed by atoms with Crippen LogP contribution in [-0.4, -0.2) is 18.9 Å². The van der Waals surface area contributed by atoms with Gasteiger partial charge in [0.05, 0.1) is 5.69 Å². The Balaban J connectivity index is 2.92. The van der Waals surface area contributed by atoms with Crippen LogP contribution in [0.25, 0.3) is 0 Å². The third kappa shape index (κ3) is 5.74. The SMILES string of the molecule is CC(C)CCN(CCC(C)C)c1ccc(C(=N)N)cc1F. The van der Waals surface area contributed by atoms with E-state index in [1.165, 1.54) is 6.07 Å². The highest BCUT2D eigenvalue weighted by atomic mass is 19.1. The first-order valence-corrected chi connectivity index (χ1v) is 7.70. The largest absolute Gasteiger partial charge is 0.384 e. The van der Waals surface area contributed by atoms with Gasteiger partial charge >= 0.3 is 0 Å². The van der Waals surface area contributed by atoms with Crippen LogP contribution in [0.3, 0.4) is 0 Å². The van der Waals surface area contributed by atoms with Crippen LogP contribution in [0.2, 0.25) is 0 Å². The fraction of sp³-hybridized carbons (Fsp3) is 0.588. The van der Waals surface area contributed by atoms with E-state index in [1.807, 2.05) is 0 Å². The molecule has 0 saturated carbocycles. The normalized spacial score (nSPS) is 11.2. The molecule has 0 saturated heterocycles. The van der Waals surface area contributed by atoms with Crippen LogP contribution >= 0.6 is 0 Å². The third-order valence-corrected chi connectivity index (χ3v) is 3.55. The molecule has 21 heavy (non-hydrogen) atoms. The summed E-state index contributed by atoms with van der Waals surface area (Å²) in [5, 5.41) is 7.38. The molecule has 0 fully saturated rings. The van der Waals surface area contributed by atoms with Crippen LogP contribution in [0.1, 0.15) is 46.1 Å². The van der Waals surface area contributed by atoms with Gasteiger partial charge in [-0.15, -0.1) is 0 Å². The standard InChI is InChI=1S/C17H28FN3/c1-12(2)7-9-21(10-8-13(3)4)16-6-5-14(17(19)20)11-15(16)18/h5-6,11-13H,7-10H2,1-4H3,(H3,19,20). The molecule has 0 aliphatic heterocycles. The van der Waals surface area contributed by atoms with Gasteiger partial charge in [0.15, 0.2) is 0 Å². The molecule has 0 radical (unpaired) electrons. The first-order chi connectivity index (χ1) is 9.81. The number of rotatable bonds is 8. The molecule has 0 bridgehead atoms. The number of nitrogen functional groups attached to an aromatic ring is 1. The Kier molecular flexibility index (Phi) is 6.66. The smallest absolute Gasteiger partial charge is 0.147 e. The molecule has 0 spiro atoms. The molecule has 4 heteroatoms. The fourth-order valence-electron chi connectivity index (χ4n) is 2.11. The van der Waals surface area contributed by atoms with Crippen molar-refractivity contribution in [2.24, 2.45) is 17.6 Å². The summed E-state index contributed by atoms with van der Waals surface area (Å²) in [7, 11) is 0. The number of nitrogens with zero attached hydrogens (tertiary/aromatic N) is 1. The second-order valence-corrected chi connectivity index (χ2v) is 6.43. The molecule has 0 unspecified atom stereocenters. The van der Waals surface area contributed by atoms with Gasteiger partial charge in [-0.3, -0.25) is 5.41 Å². The minimum absolute atomic E-state index is 0.101. The average molecular weight is 293 g/mol. The van der Waals surface area contributed by atoms with Gasteiger partial charge < -0.3 is 10.6 Å². The first-order valence-electron chi connectivity index (χ1n) is 7.70. The number of benzene rings is 1. The summed E-state index contributed by atoms with van der Waals surface area (Å²) >= 11 is 0. The fourth-order valence-corrected chi connectivity index (χ4v) is 2.11. The number of nitrogens with one attached hydrogen (secondary N) is 1. The molecule has 118 valence electrons. The maximum Gasteiger partial charge on any atom is 0.147 e. The van der Waals surface area contributed by atoms with Crippen molar-refractivity contribution in [1.29, 1.82) is 5.41 Å².